The average molecular weight is 456 g/mol. The molecule has 0 unspecified atom stereocenters. The molecule has 9 heteroatoms. The van der Waals surface area contributed by atoms with Crippen molar-refractivity contribution in [3.8, 4) is 0 Å². The van der Waals surface area contributed by atoms with Crippen LogP contribution in [0.4, 0.5) is 10.1 Å². The molecule has 0 aliphatic carbocycles. The minimum atomic E-state index is -4.01. The highest BCUT2D eigenvalue weighted by molar-refractivity contribution is 7.92. The number of halogens is 1. The lowest BCUT2D eigenvalue weighted by atomic mass is 10.1. The van der Waals surface area contributed by atoms with Crippen LogP contribution in [0.5, 0.6) is 0 Å². The van der Waals surface area contributed by atoms with Crippen LogP contribution in [0, 0.1) is 5.82 Å². The van der Waals surface area contributed by atoms with Crippen molar-refractivity contribution in [1.82, 2.24) is 10.6 Å². The van der Waals surface area contributed by atoms with Crippen molar-refractivity contribution in [3.63, 3.8) is 0 Å². The molecule has 7 nitrogen and oxygen atoms in total. The Morgan fingerprint density at radius 1 is 0.875 bits per heavy atom. The first-order valence-corrected chi connectivity index (χ1v) is 11.3. The second-order valence-electron chi connectivity index (χ2n) is 6.85. The summed E-state index contributed by atoms with van der Waals surface area (Å²) in [6, 6.07) is 17.4. The lowest BCUT2D eigenvalue weighted by Crippen LogP contribution is -2.25. The van der Waals surface area contributed by atoms with Crippen LogP contribution in [0.25, 0.3) is 0 Å². The molecule has 0 saturated carbocycles. The zero-order valence-corrected chi connectivity index (χ0v) is 18.1. The summed E-state index contributed by atoms with van der Waals surface area (Å²) >= 11 is 0. The number of hydrogen-bond donors (Lipinski definition) is 3. The van der Waals surface area contributed by atoms with Gasteiger partial charge in [-0.15, -0.1) is 0 Å². The Morgan fingerprint density at radius 2 is 1.59 bits per heavy atom. The highest BCUT2D eigenvalue weighted by atomic mass is 32.2. The molecule has 166 valence electrons. The van der Waals surface area contributed by atoms with Gasteiger partial charge in [0.05, 0.1) is 16.1 Å². The molecular weight excluding hydrogens is 433 g/mol. The molecule has 0 aromatic heterocycles. The number of rotatable bonds is 8. The summed E-state index contributed by atoms with van der Waals surface area (Å²) in [7, 11) is -4.01. The topological polar surface area (TPSA) is 104 Å². The third-order valence-corrected chi connectivity index (χ3v) is 5.90. The molecule has 0 aliphatic rings. The van der Waals surface area contributed by atoms with E-state index in [1.54, 1.807) is 36.4 Å². The van der Waals surface area contributed by atoms with E-state index in [1.807, 2.05) is 6.92 Å². The zero-order chi connectivity index (χ0) is 23.1. The summed E-state index contributed by atoms with van der Waals surface area (Å²) in [5.74, 6) is -1.26. The first-order chi connectivity index (χ1) is 15.3. The molecule has 3 rings (SSSR count). The minimum Gasteiger partial charge on any atom is -0.352 e. The van der Waals surface area contributed by atoms with Gasteiger partial charge >= 0.3 is 0 Å². The quantitative estimate of drug-likeness (QED) is 0.485. The molecule has 0 spiro atoms. The van der Waals surface area contributed by atoms with Crippen molar-refractivity contribution in [2.24, 2.45) is 0 Å². The molecule has 32 heavy (non-hydrogen) atoms. The van der Waals surface area contributed by atoms with Crippen LogP contribution in [0.1, 0.15) is 33.2 Å². The smallest absolute Gasteiger partial charge is 0.261 e. The van der Waals surface area contributed by atoms with Gasteiger partial charge in [-0.05, 0) is 61.0 Å². The number of carbonyl (C=O) groups is 2. The Labute approximate surface area is 185 Å². The van der Waals surface area contributed by atoms with E-state index in [1.165, 1.54) is 12.1 Å². The molecule has 3 N–H and O–H groups in total. The Hall–Kier alpha value is -3.72. The van der Waals surface area contributed by atoms with Crippen molar-refractivity contribution in [3.05, 3.63) is 95.3 Å². The first-order valence-electron chi connectivity index (χ1n) is 9.83. The molecule has 0 heterocycles. The number of anilines is 1. The molecule has 0 fully saturated rings. The largest absolute Gasteiger partial charge is 0.352 e. The fourth-order valence-corrected chi connectivity index (χ4v) is 4.03. The normalized spacial score (nSPS) is 10.9. The van der Waals surface area contributed by atoms with Crippen LogP contribution in [0.2, 0.25) is 0 Å². The van der Waals surface area contributed by atoms with Gasteiger partial charge in [0.25, 0.3) is 21.8 Å². The fraction of sp³-hybridized carbons (Fsp3) is 0.130. The van der Waals surface area contributed by atoms with Gasteiger partial charge in [0.2, 0.25) is 0 Å². The van der Waals surface area contributed by atoms with Crippen LogP contribution in [0.15, 0.2) is 77.7 Å². The Morgan fingerprint density at radius 3 is 2.31 bits per heavy atom. The number of para-hydroxylation sites is 1. The number of carbonyl (C=O) groups excluding carboxylic acids is 2. The molecule has 0 atom stereocenters. The maximum Gasteiger partial charge on any atom is 0.261 e. The van der Waals surface area contributed by atoms with Gasteiger partial charge in [0.1, 0.15) is 5.82 Å². The van der Waals surface area contributed by atoms with E-state index in [4.69, 9.17) is 0 Å². The van der Waals surface area contributed by atoms with E-state index in [2.05, 4.69) is 15.4 Å². The van der Waals surface area contributed by atoms with E-state index < -0.39 is 21.7 Å². The van der Waals surface area contributed by atoms with Gasteiger partial charge in [0.15, 0.2) is 0 Å². The van der Waals surface area contributed by atoms with E-state index in [9.17, 15) is 22.4 Å². The highest BCUT2D eigenvalue weighted by Gasteiger charge is 2.18. The van der Waals surface area contributed by atoms with Gasteiger partial charge < -0.3 is 10.6 Å². The molecule has 2 amide bonds. The number of hydrogen-bond acceptors (Lipinski definition) is 4. The lowest BCUT2D eigenvalue weighted by molar-refractivity contribution is 0.0947. The Balaban J connectivity index is 1.74. The summed E-state index contributed by atoms with van der Waals surface area (Å²) in [6.07, 6.45) is 0. The average Bonchev–Trinajstić information content (AvgIpc) is 2.78. The van der Waals surface area contributed by atoms with Crippen molar-refractivity contribution >= 4 is 27.5 Å². The highest BCUT2D eigenvalue weighted by Crippen LogP contribution is 2.20. The van der Waals surface area contributed by atoms with Gasteiger partial charge in [-0.1, -0.05) is 24.3 Å². The molecule has 3 aromatic carbocycles. The van der Waals surface area contributed by atoms with E-state index in [0.29, 0.717) is 17.7 Å². The maximum atomic E-state index is 13.1. The number of sulfonamides is 1. The standard InChI is InChI=1S/C23H22FN3O4S/c1-2-25-22(28)17-7-5-6-16(14-17)15-26-23(29)20-8-3-4-9-21(20)27-32(30,31)19-12-10-18(24)11-13-19/h3-14,27H,2,15H2,1H3,(H,25,28)(H,26,29). The fourth-order valence-electron chi connectivity index (χ4n) is 2.95. The first kappa shape index (κ1) is 23.0. The van der Waals surface area contributed by atoms with Gasteiger partial charge in [0, 0.05) is 18.7 Å². The molecular formula is C23H22FN3O4S. The van der Waals surface area contributed by atoms with Crippen LogP contribution < -0.4 is 15.4 Å². The summed E-state index contributed by atoms with van der Waals surface area (Å²) in [5.41, 5.74) is 1.40. The molecule has 0 radical (unpaired) electrons. The third kappa shape index (κ3) is 5.70. The summed E-state index contributed by atoms with van der Waals surface area (Å²) in [5, 5.41) is 5.44. The SMILES string of the molecule is CCNC(=O)c1cccc(CNC(=O)c2ccccc2NS(=O)(=O)c2ccc(F)cc2)c1. The van der Waals surface area contributed by atoms with Crippen LogP contribution in [0.3, 0.4) is 0 Å². The summed E-state index contributed by atoms with van der Waals surface area (Å²) in [6.45, 7) is 2.47. The summed E-state index contributed by atoms with van der Waals surface area (Å²) in [4.78, 5) is 24.6. The van der Waals surface area contributed by atoms with Crippen LogP contribution in [-0.2, 0) is 16.6 Å². The van der Waals surface area contributed by atoms with Crippen LogP contribution in [-0.4, -0.2) is 26.8 Å². The van der Waals surface area contributed by atoms with Crippen molar-refractivity contribution < 1.29 is 22.4 Å². The predicted molar refractivity (Wildman–Crippen MR) is 119 cm³/mol. The number of nitrogens with one attached hydrogen (secondary N) is 3. The zero-order valence-electron chi connectivity index (χ0n) is 17.3. The number of benzene rings is 3. The van der Waals surface area contributed by atoms with E-state index in [-0.39, 0.29) is 28.6 Å². The van der Waals surface area contributed by atoms with Gasteiger partial charge in [-0.3, -0.25) is 14.3 Å². The monoisotopic (exact) mass is 455 g/mol. The van der Waals surface area contributed by atoms with E-state index in [0.717, 1.165) is 24.3 Å². The minimum absolute atomic E-state index is 0.0883. The molecule has 0 aliphatic heterocycles. The molecule has 3 aromatic rings. The predicted octanol–water partition coefficient (Wildman–Crippen LogP) is 3.31. The number of amides is 2. The van der Waals surface area contributed by atoms with Crippen molar-refractivity contribution in [2.75, 3.05) is 11.3 Å². The van der Waals surface area contributed by atoms with Crippen LogP contribution >= 0.6 is 0 Å². The van der Waals surface area contributed by atoms with E-state index >= 15 is 0 Å². The van der Waals surface area contributed by atoms with Crippen molar-refractivity contribution in [1.29, 1.82) is 0 Å². The third-order valence-electron chi connectivity index (χ3n) is 4.52. The molecule has 0 saturated heterocycles. The molecule has 0 bridgehead atoms. The maximum absolute atomic E-state index is 13.1. The van der Waals surface area contributed by atoms with Crippen molar-refractivity contribution in [2.45, 2.75) is 18.4 Å². The Bertz CT molecular complexity index is 1230. The second-order valence-corrected chi connectivity index (χ2v) is 8.53. The Kier molecular flexibility index (Phi) is 7.21. The van der Waals surface area contributed by atoms with Gasteiger partial charge in [-0.2, -0.15) is 0 Å². The summed E-state index contributed by atoms with van der Waals surface area (Å²) < 4.78 is 40.7. The van der Waals surface area contributed by atoms with Gasteiger partial charge in [-0.25, -0.2) is 12.8 Å². The second kappa shape index (κ2) is 10.1. The lowest BCUT2D eigenvalue weighted by Gasteiger charge is -2.13.